The molecule has 0 spiro atoms. The zero-order valence-electron chi connectivity index (χ0n) is 13.4. The molecule has 0 radical (unpaired) electrons. The Morgan fingerprint density at radius 3 is 2.45 bits per heavy atom. The highest BCUT2D eigenvalue weighted by molar-refractivity contribution is 5.15. The highest BCUT2D eigenvalue weighted by Crippen LogP contribution is 2.12. The van der Waals surface area contributed by atoms with Gasteiger partial charge >= 0.3 is 0 Å². The highest BCUT2D eigenvalue weighted by Gasteiger charge is 2.10. The monoisotopic (exact) mass is 277 g/mol. The van der Waals surface area contributed by atoms with Gasteiger partial charge in [-0.25, -0.2) is 0 Å². The molecule has 114 valence electrons. The van der Waals surface area contributed by atoms with Crippen molar-refractivity contribution in [3.63, 3.8) is 0 Å². The van der Waals surface area contributed by atoms with Gasteiger partial charge in [0, 0.05) is 13.2 Å². The van der Waals surface area contributed by atoms with Gasteiger partial charge in [-0.05, 0) is 49.8 Å². The topological polar surface area (TPSA) is 21.3 Å². The van der Waals surface area contributed by atoms with Crippen molar-refractivity contribution in [3.8, 4) is 0 Å². The van der Waals surface area contributed by atoms with Gasteiger partial charge in [0.1, 0.15) is 0 Å². The molecule has 0 aliphatic carbocycles. The van der Waals surface area contributed by atoms with Crippen LogP contribution < -0.4 is 5.32 Å². The lowest BCUT2D eigenvalue weighted by Gasteiger charge is -2.19. The van der Waals surface area contributed by atoms with E-state index < -0.39 is 0 Å². The minimum atomic E-state index is 0.660. The van der Waals surface area contributed by atoms with Crippen LogP contribution in [0.1, 0.15) is 39.2 Å². The average molecular weight is 277 g/mol. The third kappa shape index (κ3) is 8.34. The number of benzene rings is 1. The fourth-order valence-corrected chi connectivity index (χ4v) is 2.30. The molecule has 0 aromatic heterocycles. The standard InChI is InChI=1S/C18H31NO/c1-4-11-20-12-10-18(15-19-14-16(2)3)13-17-8-6-5-7-9-17/h5-9,16,18-19H,4,10-15H2,1-3H3. The first-order valence-corrected chi connectivity index (χ1v) is 8.04. The molecule has 1 atom stereocenters. The van der Waals surface area contributed by atoms with Gasteiger partial charge in [0.15, 0.2) is 0 Å². The van der Waals surface area contributed by atoms with E-state index in [0.29, 0.717) is 11.8 Å². The zero-order chi connectivity index (χ0) is 14.6. The summed E-state index contributed by atoms with van der Waals surface area (Å²) in [4.78, 5) is 0. The summed E-state index contributed by atoms with van der Waals surface area (Å²) in [6.45, 7) is 10.6. The van der Waals surface area contributed by atoms with Crippen molar-refractivity contribution < 1.29 is 4.74 Å². The maximum absolute atomic E-state index is 5.65. The number of nitrogens with one attached hydrogen (secondary N) is 1. The quantitative estimate of drug-likeness (QED) is 0.619. The molecule has 1 aromatic rings. The molecule has 1 aromatic carbocycles. The van der Waals surface area contributed by atoms with Crippen LogP contribution in [0.15, 0.2) is 30.3 Å². The number of rotatable bonds is 11. The Kier molecular flexibility index (Phi) is 9.35. The van der Waals surface area contributed by atoms with E-state index in [-0.39, 0.29) is 0 Å². The summed E-state index contributed by atoms with van der Waals surface area (Å²) in [6.07, 6.45) is 3.39. The Bertz CT molecular complexity index is 323. The van der Waals surface area contributed by atoms with Crippen LogP contribution in [0.5, 0.6) is 0 Å². The van der Waals surface area contributed by atoms with E-state index in [0.717, 1.165) is 45.6 Å². The molecule has 0 heterocycles. The fraction of sp³-hybridized carbons (Fsp3) is 0.667. The Morgan fingerprint density at radius 2 is 1.80 bits per heavy atom. The Hall–Kier alpha value is -0.860. The Morgan fingerprint density at radius 1 is 1.05 bits per heavy atom. The molecule has 0 saturated heterocycles. The van der Waals surface area contributed by atoms with Gasteiger partial charge in [-0.1, -0.05) is 51.1 Å². The first kappa shape index (κ1) is 17.2. The lowest BCUT2D eigenvalue weighted by Crippen LogP contribution is -2.28. The molecule has 1 unspecified atom stereocenters. The van der Waals surface area contributed by atoms with Gasteiger partial charge in [0.2, 0.25) is 0 Å². The molecule has 0 bridgehead atoms. The molecule has 1 rings (SSSR count). The lowest BCUT2D eigenvalue weighted by atomic mass is 9.96. The van der Waals surface area contributed by atoms with E-state index in [2.05, 4.69) is 56.4 Å². The molecular formula is C18H31NO. The van der Waals surface area contributed by atoms with Crippen LogP contribution in [0.4, 0.5) is 0 Å². The molecule has 0 aliphatic rings. The summed E-state index contributed by atoms with van der Waals surface area (Å²) in [5.41, 5.74) is 1.43. The predicted octanol–water partition coefficient (Wildman–Crippen LogP) is 3.91. The predicted molar refractivity (Wildman–Crippen MR) is 87.1 cm³/mol. The van der Waals surface area contributed by atoms with E-state index >= 15 is 0 Å². The molecule has 1 N–H and O–H groups in total. The first-order chi connectivity index (χ1) is 9.72. The number of ether oxygens (including phenoxy) is 1. The third-order valence-electron chi connectivity index (χ3n) is 3.37. The minimum absolute atomic E-state index is 0.660. The van der Waals surface area contributed by atoms with E-state index in [4.69, 9.17) is 4.74 Å². The molecule has 20 heavy (non-hydrogen) atoms. The van der Waals surface area contributed by atoms with Gasteiger partial charge < -0.3 is 10.1 Å². The highest BCUT2D eigenvalue weighted by atomic mass is 16.5. The number of hydrogen-bond donors (Lipinski definition) is 1. The van der Waals surface area contributed by atoms with Crippen molar-refractivity contribution in [2.24, 2.45) is 11.8 Å². The second kappa shape index (κ2) is 10.9. The molecule has 0 aliphatic heterocycles. The maximum Gasteiger partial charge on any atom is 0.0469 e. The largest absolute Gasteiger partial charge is 0.381 e. The van der Waals surface area contributed by atoms with E-state index in [1.807, 2.05) is 0 Å². The normalized spacial score (nSPS) is 12.8. The lowest BCUT2D eigenvalue weighted by molar-refractivity contribution is 0.120. The van der Waals surface area contributed by atoms with E-state index in [9.17, 15) is 0 Å². The SMILES string of the molecule is CCCOCCC(CNCC(C)C)Cc1ccccc1. The van der Waals surface area contributed by atoms with Crippen molar-refractivity contribution in [1.82, 2.24) is 5.32 Å². The summed E-state index contributed by atoms with van der Waals surface area (Å²) in [5, 5.41) is 3.59. The van der Waals surface area contributed by atoms with Crippen LogP contribution in [0.25, 0.3) is 0 Å². The van der Waals surface area contributed by atoms with Gasteiger partial charge in [-0.2, -0.15) is 0 Å². The fourth-order valence-electron chi connectivity index (χ4n) is 2.30. The molecular weight excluding hydrogens is 246 g/mol. The van der Waals surface area contributed by atoms with Crippen molar-refractivity contribution in [2.75, 3.05) is 26.3 Å². The van der Waals surface area contributed by atoms with Gasteiger partial charge in [-0.15, -0.1) is 0 Å². The second-order valence-corrected chi connectivity index (χ2v) is 6.01. The molecule has 0 saturated carbocycles. The van der Waals surface area contributed by atoms with E-state index in [1.54, 1.807) is 0 Å². The average Bonchev–Trinajstić information content (AvgIpc) is 2.44. The van der Waals surface area contributed by atoms with Crippen molar-refractivity contribution in [2.45, 2.75) is 40.0 Å². The van der Waals surface area contributed by atoms with Crippen LogP contribution >= 0.6 is 0 Å². The minimum Gasteiger partial charge on any atom is -0.381 e. The van der Waals surface area contributed by atoms with Crippen molar-refractivity contribution in [1.29, 1.82) is 0 Å². The summed E-state index contributed by atoms with van der Waals surface area (Å²) in [5.74, 6) is 1.37. The summed E-state index contributed by atoms with van der Waals surface area (Å²) >= 11 is 0. The van der Waals surface area contributed by atoms with Crippen LogP contribution in [-0.2, 0) is 11.2 Å². The Balaban J connectivity index is 2.37. The van der Waals surface area contributed by atoms with E-state index in [1.165, 1.54) is 5.56 Å². The summed E-state index contributed by atoms with van der Waals surface area (Å²) in [7, 11) is 0. The van der Waals surface area contributed by atoms with Gasteiger partial charge in [0.25, 0.3) is 0 Å². The third-order valence-corrected chi connectivity index (χ3v) is 3.37. The van der Waals surface area contributed by atoms with Crippen molar-refractivity contribution >= 4 is 0 Å². The molecule has 2 heteroatoms. The van der Waals surface area contributed by atoms with Crippen LogP contribution in [0.3, 0.4) is 0 Å². The molecule has 0 amide bonds. The first-order valence-electron chi connectivity index (χ1n) is 8.04. The second-order valence-electron chi connectivity index (χ2n) is 6.01. The van der Waals surface area contributed by atoms with Crippen LogP contribution in [0, 0.1) is 11.8 Å². The van der Waals surface area contributed by atoms with Crippen molar-refractivity contribution in [3.05, 3.63) is 35.9 Å². The maximum atomic E-state index is 5.65. The molecule has 2 nitrogen and oxygen atoms in total. The zero-order valence-corrected chi connectivity index (χ0v) is 13.4. The van der Waals surface area contributed by atoms with Gasteiger partial charge in [0.05, 0.1) is 0 Å². The smallest absolute Gasteiger partial charge is 0.0469 e. The molecule has 0 fully saturated rings. The van der Waals surface area contributed by atoms with Crippen LogP contribution in [0.2, 0.25) is 0 Å². The summed E-state index contributed by atoms with van der Waals surface area (Å²) in [6, 6.07) is 10.8. The Labute approximate surface area is 124 Å². The van der Waals surface area contributed by atoms with Gasteiger partial charge in [-0.3, -0.25) is 0 Å². The summed E-state index contributed by atoms with van der Waals surface area (Å²) < 4.78 is 5.65. The number of hydrogen-bond acceptors (Lipinski definition) is 2. The van der Waals surface area contributed by atoms with Crippen LogP contribution in [-0.4, -0.2) is 26.3 Å².